The second kappa shape index (κ2) is 13.8. The van der Waals surface area contributed by atoms with Crippen molar-refractivity contribution < 1.29 is 28.2 Å². The van der Waals surface area contributed by atoms with Crippen molar-refractivity contribution in [2.45, 2.75) is 18.6 Å². The van der Waals surface area contributed by atoms with E-state index in [1.54, 1.807) is 14.2 Å². The number of carbonyl (C=O) groups is 2. The fourth-order valence-electron chi connectivity index (χ4n) is 4.09. The quantitative estimate of drug-likeness (QED) is 0.596. The van der Waals surface area contributed by atoms with Crippen LogP contribution in [0.2, 0.25) is 0 Å². The van der Waals surface area contributed by atoms with Gasteiger partial charge in [0.2, 0.25) is 12.3 Å². The van der Waals surface area contributed by atoms with Gasteiger partial charge in [-0.05, 0) is 48.0 Å². The Labute approximate surface area is 211 Å². The molecule has 0 aromatic heterocycles. The summed E-state index contributed by atoms with van der Waals surface area (Å²) in [6.45, 7) is 6.91. The number of nitrogens with zero attached hydrogens (tertiary/aromatic N) is 2. The van der Waals surface area contributed by atoms with E-state index < -0.39 is 5.91 Å². The number of hydrogen-bond donors (Lipinski definition) is 2. The molecule has 3 aliphatic rings. The summed E-state index contributed by atoms with van der Waals surface area (Å²) in [4.78, 5) is 24.5. The maximum absolute atomic E-state index is 12.2. The molecule has 3 N–H and O–H groups in total. The van der Waals surface area contributed by atoms with Crippen molar-refractivity contribution in [1.82, 2.24) is 10.2 Å². The molecule has 2 amide bonds. The molecule has 3 heterocycles. The molecule has 0 aliphatic carbocycles. The maximum Gasteiger partial charge on any atom is 0.248 e. The monoisotopic (exact) mass is 502 g/mol. The first-order valence-electron chi connectivity index (χ1n) is 12.0. The van der Waals surface area contributed by atoms with E-state index in [1.807, 2.05) is 0 Å². The number of anilines is 1. The molecular weight excluding hydrogens is 467 g/mol. The molecule has 5 rings (SSSR count). The molecule has 9 nitrogen and oxygen atoms in total. The first kappa shape index (κ1) is 27.4. The molecule has 196 valence electrons. The number of ether oxygens (including phenoxy) is 3. The molecule has 0 radical (unpaired) electrons. The Bertz CT molecular complexity index is 979. The zero-order chi connectivity index (χ0) is 25.9. The highest BCUT2D eigenvalue weighted by atomic mass is 19.1. The van der Waals surface area contributed by atoms with Crippen LogP contribution in [0.25, 0.3) is 0 Å². The van der Waals surface area contributed by atoms with Gasteiger partial charge in [-0.1, -0.05) is 0 Å². The summed E-state index contributed by atoms with van der Waals surface area (Å²) < 4.78 is 28.7. The molecule has 2 aromatic rings. The lowest BCUT2D eigenvalue weighted by Crippen LogP contribution is -2.56. The van der Waals surface area contributed by atoms with E-state index in [2.05, 4.69) is 33.3 Å². The summed E-state index contributed by atoms with van der Waals surface area (Å²) in [7, 11) is 3.32. The number of fused-ring (bicyclic) bond motifs is 1. The standard InChI is InChI=1S/C17H24N2O3.C7H6FNO.C2H5NO/c1-20-16-9-13-8-14(2-3-17(13)22-12-16)18-4-6-19(7-5-18)15-10-21-11-15;8-6-3-1-5(2-4-6)7(9)10;1-3-2-4/h2-3,8,15-16H,4-7,9-12H2,1H3;1-4H,(H2,9,10);2H,1H3,(H,3,4)/t16-;;/m1../s1. The summed E-state index contributed by atoms with van der Waals surface area (Å²) in [6, 6.07) is 12.3. The summed E-state index contributed by atoms with van der Waals surface area (Å²) in [5.41, 5.74) is 7.80. The number of amides is 2. The molecule has 1 atom stereocenters. The molecule has 10 heteroatoms. The molecule has 3 aliphatic heterocycles. The SMILES string of the molecule is CNC=O.CO[C@H]1COc2ccc(N3CCN(C4COC4)CC3)cc2C1.NC(=O)c1ccc(F)cc1. The van der Waals surface area contributed by atoms with Gasteiger partial charge in [-0.2, -0.15) is 0 Å². The second-order valence-corrected chi connectivity index (χ2v) is 8.66. The van der Waals surface area contributed by atoms with Crippen LogP contribution in [0.5, 0.6) is 5.75 Å². The fourth-order valence-corrected chi connectivity index (χ4v) is 4.09. The number of hydrogen-bond acceptors (Lipinski definition) is 7. The van der Waals surface area contributed by atoms with Crippen molar-refractivity contribution in [2.24, 2.45) is 5.73 Å². The molecule has 0 spiro atoms. The number of methoxy groups -OCH3 is 1. The lowest BCUT2D eigenvalue weighted by atomic mass is 10.0. The van der Waals surface area contributed by atoms with E-state index in [9.17, 15) is 9.18 Å². The highest BCUT2D eigenvalue weighted by molar-refractivity contribution is 5.92. The first-order chi connectivity index (χ1) is 17.4. The minimum Gasteiger partial charge on any atom is -0.491 e. The van der Waals surface area contributed by atoms with Crippen molar-refractivity contribution in [3.8, 4) is 5.75 Å². The third kappa shape index (κ3) is 7.64. The zero-order valence-electron chi connectivity index (χ0n) is 20.8. The molecule has 0 unspecified atom stereocenters. The third-order valence-corrected chi connectivity index (χ3v) is 6.31. The predicted molar refractivity (Wildman–Crippen MR) is 135 cm³/mol. The smallest absolute Gasteiger partial charge is 0.248 e. The number of rotatable bonds is 5. The Morgan fingerprint density at radius 2 is 1.78 bits per heavy atom. The van der Waals surface area contributed by atoms with Gasteiger partial charge in [0.25, 0.3) is 0 Å². The number of primary amides is 1. The normalized spacial score (nSPS) is 19.2. The lowest BCUT2D eigenvalue weighted by molar-refractivity contribution is -0.109. The Kier molecular flexibility index (Phi) is 10.5. The summed E-state index contributed by atoms with van der Waals surface area (Å²) in [5, 5.41) is 2.25. The van der Waals surface area contributed by atoms with E-state index in [0.717, 1.165) is 51.6 Å². The topological polar surface area (TPSA) is 106 Å². The molecule has 0 saturated carbocycles. The van der Waals surface area contributed by atoms with E-state index in [1.165, 1.54) is 35.5 Å². The molecule has 2 aromatic carbocycles. The third-order valence-electron chi connectivity index (χ3n) is 6.31. The summed E-state index contributed by atoms with van der Waals surface area (Å²) in [5.74, 6) is 0.104. The molecule has 0 bridgehead atoms. The van der Waals surface area contributed by atoms with Crippen molar-refractivity contribution in [1.29, 1.82) is 0 Å². The first-order valence-corrected chi connectivity index (χ1v) is 12.0. The molecule has 36 heavy (non-hydrogen) atoms. The van der Waals surface area contributed by atoms with Crippen molar-refractivity contribution in [3.63, 3.8) is 0 Å². The van der Waals surface area contributed by atoms with Gasteiger partial charge < -0.3 is 30.2 Å². The lowest BCUT2D eigenvalue weighted by Gasteiger charge is -2.43. The van der Waals surface area contributed by atoms with Gasteiger partial charge in [0.1, 0.15) is 18.2 Å². The van der Waals surface area contributed by atoms with Crippen LogP contribution in [0.15, 0.2) is 42.5 Å². The van der Waals surface area contributed by atoms with Crippen LogP contribution < -0.4 is 20.7 Å². The van der Waals surface area contributed by atoms with Crippen LogP contribution >= 0.6 is 0 Å². The second-order valence-electron chi connectivity index (χ2n) is 8.66. The van der Waals surface area contributed by atoms with Gasteiger partial charge >= 0.3 is 0 Å². The van der Waals surface area contributed by atoms with Gasteiger partial charge in [-0.3, -0.25) is 14.5 Å². The largest absolute Gasteiger partial charge is 0.491 e. The van der Waals surface area contributed by atoms with E-state index in [4.69, 9.17) is 24.7 Å². The van der Waals surface area contributed by atoms with Gasteiger partial charge in [0, 0.05) is 58.0 Å². The van der Waals surface area contributed by atoms with Crippen molar-refractivity contribution >= 4 is 18.0 Å². The summed E-state index contributed by atoms with van der Waals surface area (Å²) >= 11 is 0. The number of piperazine rings is 1. The van der Waals surface area contributed by atoms with Crippen molar-refractivity contribution in [3.05, 3.63) is 59.4 Å². The molecule has 2 saturated heterocycles. The number of benzene rings is 2. The number of halogens is 1. The highest BCUT2D eigenvalue weighted by Crippen LogP contribution is 2.30. The Morgan fingerprint density at radius 3 is 2.31 bits per heavy atom. The summed E-state index contributed by atoms with van der Waals surface area (Å²) in [6.07, 6.45) is 1.75. The number of carbonyl (C=O) groups excluding carboxylic acids is 2. The Morgan fingerprint density at radius 1 is 1.11 bits per heavy atom. The van der Waals surface area contributed by atoms with Crippen LogP contribution in [-0.4, -0.2) is 89.5 Å². The average Bonchev–Trinajstić information content (AvgIpc) is 2.88. The Balaban J connectivity index is 0.000000215. The van der Waals surface area contributed by atoms with Gasteiger partial charge in [-0.15, -0.1) is 0 Å². The molecular formula is C26H35FN4O5. The maximum atomic E-state index is 12.2. The van der Waals surface area contributed by atoms with E-state index >= 15 is 0 Å². The molecule has 2 fully saturated rings. The van der Waals surface area contributed by atoms with E-state index in [0.29, 0.717) is 24.6 Å². The van der Waals surface area contributed by atoms with Crippen LogP contribution in [-0.2, 0) is 20.7 Å². The fraction of sp³-hybridized carbons (Fsp3) is 0.462. The predicted octanol–water partition coefficient (Wildman–Crippen LogP) is 1.44. The van der Waals surface area contributed by atoms with Gasteiger partial charge in [0.05, 0.1) is 25.4 Å². The minimum absolute atomic E-state index is 0.179. The number of nitrogens with two attached hydrogens (primary N) is 1. The van der Waals surface area contributed by atoms with Crippen LogP contribution in [0, 0.1) is 5.82 Å². The van der Waals surface area contributed by atoms with Gasteiger partial charge in [0.15, 0.2) is 0 Å². The van der Waals surface area contributed by atoms with Crippen LogP contribution in [0.4, 0.5) is 10.1 Å². The minimum atomic E-state index is -0.542. The van der Waals surface area contributed by atoms with E-state index in [-0.39, 0.29) is 11.9 Å². The average molecular weight is 503 g/mol. The van der Waals surface area contributed by atoms with Gasteiger partial charge in [-0.25, -0.2) is 4.39 Å². The number of nitrogens with one attached hydrogen (secondary N) is 1. The van der Waals surface area contributed by atoms with Crippen LogP contribution in [0.3, 0.4) is 0 Å². The highest BCUT2D eigenvalue weighted by Gasteiger charge is 2.29. The van der Waals surface area contributed by atoms with Crippen LogP contribution in [0.1, 0.15) is 15.9 Å². The van der Waals surface area contributed by atoms with Crippen molar-refractivity contribution in [2.75, 3.05) is 65.1 Å². The zero-order valence-corrected chi connectivity index (χ0v) is 20.8. The Hall–Kier alpha value is -3.21.